The van der Waals surface area contributed by atoms with Crippen molar-refractivity contribution in [2.24, 2.45) is 0 Å². The van der Waals surface area contributed by atoms with Gasteiger partial charge in [-0.3, -0.25) is 4.79 Å². The van der Waals surface area contributed by atoms with Gasteiger partial charge in [-0.2, -0.15) is 0 Å². The molecule has 7 nitrogen and oxygen atoms in total. The summed E-state index contributed by atoms with van der Waals surface area (Å²) in [7, 11) is -0.632. The lowest BCUT2D eigenvalue weighted by Crippen LogP contribution is -2.24. The Morgan fingerprint density at radius 3 is 2.55 bits per heavy atom. The molecule has 0 aliphatic rings. The van der Waals surface area contributed by atoms with Gasteiger partial charge in [0.25, 0.3) is 0 Å². The van der Waals surface area contributed by atoms with Crippen molar-refractivity contribution in [2.75, 3.05) is 19.4 Å². The fourth-order valence-electron chi connectivity index (χ4n) is 2.89. The number of rotatable bonds is 8. The summed E-state index contributed by atoms with van der Waals surface area (Å²) in [4.78, 5) is 20.7. The number of aryl methyl sites for hydroxylation is 1. The number of aromatic amines is 1. The van der Waals surface area contributed by atoms with E-state index in [1.807, 2.05) is 25.1 Å². The number of hydrogen-bond donors (Lipinski definition) is 2. The molecule has 0 saturated carbocycles. The van der Waals surface area contributed by atoms with Crippen molar-refractivity contribution in [3.8, 4) is 0 Å². The van der Waals surface area contributed by atoms with Crippen LogP contribution in [0.25, 0.3) is 0 Å². The first-order chi connectivity index (χ1) is 14.7. The van der Waals surface area contributed by atoms with Crippen LogP contribution in [0.2, 0.25) is 0 Å². The maximum atomic E-state index is 12.7. The van der Waals surface area contributed by atoms with Gasteiger partial charge in [0.15, 0.2) is 5.16 Å². The number of sulfonamides is 1. The van der Waals surface area contributed by atoms with E-state index in [0.29, 0.717) is 10.8 Å². The highest BCUT2D eigenvalue weighted by Crippen LogP contribution is 2.25. The zero-order valence-electron chi connectivity index (χ0n) is 17.9. The molecule has 0 bridgehead atoms. The van der Waals surface area contributed by atoms with Crippen molar-refractivity contribution in [3.63, 3.8) is 0 Å². The fraction of sp³-hybridized carbons (Fsp3) is 0.273. The van der Waals surface area contributed by atoms with Crippen LogP contribution in [0.4, 0.5) is 5.69 Å². The van der Waals surface area contributed by atoms with Gasteiger partial charge in [0.2, 0.25) is 15.9 Å². The molecule has 2 N–H and O–H groups in total. The van der Waals surface area contributed by atoms with Crippen molar-refractivity contribution < 1.29 is 13.2 Å². The fourth-order valence-corrected chi connectivity index (χ4v) is 4.72. The molecule has 0 aliphatic heterocycles. The van der Waals surface area contributed by atoms with E-state index in [9.17, 15) is 13.2 Å². The summed E-state index contributed by atoms with van der Waals surface area (Å²) < 4.78 is 25.8. The molecule has 31 heavy (non-hydrogen) atoms. The van der Waals surface area contributed by atoms with E-state index < -0.39 is 15.3 Å². The Labute approximate surface area is 187 Å². The first-order valence-electron chi connectivity index (χ1n) is 9.76. The maximum absolute atomic E-state index is 12.7. The third kappa shape index (κ3) is 5.75. The molecule has 2 aromatic carbocycles. The lowest BCUT2D eigenvalue weighted by atomic mass is 10.1. The van der Waals surface area contributed by atoms with E-state index >= 15 is 0 Å². The standard InChI is InChI=1S/C22H26N4O3S2/c1-15-20(13-17-9-6-5-7-10-17)25-22(23-15)30-16(2)21(27)24-18-11-8-12-19(14-18)31(28,29)26(3)4/h5-12,14,16H,13H2,1-4H3,(H,23,25)(H,24,27)/t16-/m1/s1. The Bertz CT molecular complexity index is 1160. The van der Waals surface area contributed by atoms with Gasteiger partial charge in [0, 0.05) is 31.9 Å². The molecule has 0 spiro atoms. The Balaban J connectivity index is 1.66. The van der Waals surface area contributed by atoms with Crippen LogP contribution in [-0.2, 0) is 21.2 Å². The number of nitrogens with zero attached hydrogens (tertiary/aromatic N) is 2. The second kappa shape index (κ2) is 9.67. The number of thioether (sulfide) groups is 1. The van der Waals surface area contributed by atoms with Crippen LogP contribution < -0.4 is 5.32 Å². The highest BCUT2D eigenvalue weighted by atomic mass is 32.2. The minimum absolute atomic E-state index is 0.128. The number of imidazole rings is 1. The first kappa shape index (κ1) is 23.1. The van der Waals surface area contributed by atoms with Crippen LogP contribution in [0.15, 0.2) is 64.6 Å². The molecular formula is C22H26N4O3S2. The summed E-state index contributed by atoms with van der Waals surface area (Å²) in [5.41, 5.74) is 3.52. The monoisotopic (exact) mass is 458 g/mol. The molecule has 0 saturated heterocycles. The number of nitrogens with one attached hydrogen (secondary N) is 2. The normalized spacial score (nSPS) is 12.7. The minimum Gasteiger partial charge on any atom is -0.337 e. The van der Waals surface area contributed by atoms with Gasteiger partial charge < -0.3 is 10.3 Å². The lowest BCUT2D eigenvalue weighted by molar-refractivity contribution is -0.115. The second-order valence-corrected chi connectivity index (χ2v) is 10.8. The molecule has 0 fully saturated rings. The van der Waals surface area contributed by atoms with Gasteiger partial charge in [0.05, 0.1) is 15.8 Å². The van der Waals surface area contributed by atoms with Gasteiger partial charge >= 0.3 is 0 Å². The van der Waals surface area contributed by atoms with Crippen LogP contribution in [0.1, 0.15) is 23.9 Å². The van der Waals surface area contributed by atoms with Gasteiger partial charge in [-0.25, -0.2) is 17.7 Å². The molecule has 1 aromatic heterocycles. The quantitative estimate of drug-likeness (QED) is 0.502. The molecule has 3 aromatic rings. The average molecular weight is 459 g/mol. The van der Waals surface area contributed by atoms with Crippen LogP contribution in [0.5, 0.6) is 0 Å². The number of aromatic nitrogens is 2. The summed E-state index contributed by atoms with van der Waals surface area (Å²) in [6, 6.07) is 16.3. The Hall–Kier alpha value is -2.62. The molecule has 3 rings (SSSR count). The third-order valence-electron chi connectivity index (χ3n) is 4.72. The molecule has 1 atom stereocenters. The van der Waals surface area contributed by atoms with Crippen molar-refractivity contribution in [1.29, 1.82) is 0 Å². The summed E-state index contributed by atoms with van der Waals surface area (Å²) >= 11 is 1.33. The van der Waals surface area contributed by atoms with E-state index in [4.69, 9.17) is 0 Å². The van der Waals surface area contributed by atoms with E-state index in [0.717, 1.165) is 22.1 Å². The number of anilines is 1. The highest BCUT2D eigenvalue weighted by molar-refractivity contribution is 8.00. The molecule has 1 amide bonds. The van der Waals surface area contributed by atoms with Gasteiger partial charge in [-0.05, 0) is 37.6 Å². The van der Waals surface area contributed by atoms with Crippen LogP contribution >= 0.6 is 11.8 Å². The Morgan fingerprint density at radius 2 is 1.87 bits per heavy atom. The predicted octanol–water partition coefficient (Wildman–Crippen LogP) is 3.68. The number of carbonyl (C=O) groups excluding carboxylic acids is 1. The summed E-state index contributed by atoms with van der Waals surface area (Å²) in [6.07, 6.45) is 0.720. The van der Waals surface area contributed by atoms with Crippen LogP contribution in [-0.4, -0.2) is 47.9 Å². The van der Waals surface area contributed by atoms with E-state index in [1.54, 1.807) is 19.1 Å². The highest BCUT2D eigenvalue weighted by Gasteiger charge is 2.20. The average Bonchev–Trinajstić information content (AvgIpc) is 3.07. The lowest BCUT2D eigenvalue weighted by Gasteiger charge is -2.14. The van der Waals surface area contributed by atoms with E-state index in [-0.39, 0.29) is 10.8 Å². The van der Waals surface area contributed by atoms with Crippen LogP contribution in [0, 0.1) is 6.92 Å². The Kier molecular flexibility index (Phi) is 7.19. The summed E-state index contributed by atoms with van der Waals surface area (Å²) in [5, 5.41) is 3.04. The van der Waals surface area contributed by atoms with Crippen molar-refractivity contribution in [2.45, 2.75) is 35.6 Å². The van der Waals surface area contributed by atoms with E-state index in [1.165, 1.54) is 43.6 Å². The number of H-pyrrole nitrogens is 1. The van der Waals surface area contributed by atoms with Crippen molar-refractivity contribution in [3.05, 3.63) is 71.5 Å². The number of carbonyl (C=O) groups is 1. The van der Waals surface area contributed by atoms with E-state index in [2.05, 4.69) is 27.4 Å². The molecular weight excluding hydrogens is 432 g/mol. The molecule has 9 heteroatoms. The van der Waals surface area contributed by atoms with Gasteiger partial charge in [-0.15, -0.1) is 0 Å². The smallest absolute Gasteiger partial charge is 0.242 e. The second-order valence-electron chi connectivity index (χ2n) is 7.34. The largest absolute Gasteiger partial charge is 0.337 e. The molecule has 1 heterocycles. The zero-order valence-corrected chi connectivity index (χ0v) is 19.5. The predicted molar refractivity (Wildman–Crippen MR) is 124 cm³/mol. The van der Waals surface area contributed by atoms with Gasteiger partial charge in [0.1, 0.15) is 0 Å². The summed E-state index contributed by atoms with van der Waals surface area (Å²) in [5.74, 6) is -0.233. The molecule has 0 aliphatic carbocycles. The van der Waals surface area contributed by atoms with Crippen molar-refractivity contribution in [1.82, 2.24) is 14.3 Å². The maximum Gasteiger partial charge on any atom is 0.242 e. The topological polar surface area (TPSA) is 95.2 Å². The Morgan fingerprint density at radius 1 is 1.16 bits per heavy atom. The SMILES string of the molecule is Cc1[nH]c(S[C@H](C)C(=O)Nc2cccc(S(=O)(=O)N(C)C)c2)nc1Cc1ccccc1. The number of amides is 1. The molecule has 164 valence electrons. The molecule has 0 unspecified atom stereocenters. The first-order valence-corrected chi connectivity index (χ1v) is 12.1. The number of benzene rings is 2. The van der Waals surface area contributed by atoms with Crippen molar-refractivity contribution >= 4 is 33.4 Å². The van der Waals surface area contributed by atoms with Crippen LogP contribution in [0.3, 0.4) is 0 Å². The minimum atomic E-state index is -3.57. The summed E-state index contributed by atoms with van der Waals surface area (Å²) in [6.45, 7) is 3.76. The number of hydrogen-bond acceptors (Lipinski definition) is 5. The third-order valence-corrected chi connectivity index (χ3v) is 7.51. The van der Waals surface area contributed by atoms with Gasteiger partial charge in [-0.1, -0.05) is 48.2 Å². The zero-order chi connectivity index (χ0) is 22.6. The molecule has 0 radical (unpaired) electrons.